The van der Waals surface area contributed by atoms with Crippen LogP contribution < -0.4 is 10.6 Å². The van der Waals surface area contributed by atoms with Crippen LogP contribution >= 0.6 is 0 Å². The number of aromatic nitrogens is 2. The second-order valence-corrected chi connectivity index (χ2v) is 4.95. The van der Waals surface area contributed by atoms with Gasteiger partial charge in [0.25, 0.3) is 0 Å². The van der Waals surface area contributed by atoms with Crippen molar-refractivity contribution in [3.63, 3.8) is 0 Å². The largest absolute Gasteiger partial charge is 0.409 e. The Labute approximate surface area is 113 Å². The predicted octanol–water partition coefficient (Wildman–Crippen LogP) is 1.59. The molecule has 1 saturated heterocycles. The smallest absolute Gasteiger partial charge is 0.225 e. The minimum atomic E-state index is 0.0181. The average Bonchev–Trinajstić information content (AvgIpc) is 2.48. The number of nitrogens with two attached hydrogens (primary N) is 1. The number of piperidine rings is 1. The molecule has 19 heavy (non-hydrogen) atoms. The third-order valence-corrected chi connectivity index (χ3v) is 3.61. The Morgan fingerprint density at radius 1 is 1.53 bits per heavy atom. The maximum absolute atomic E-state index is 8.67. The quantitative estimate of drug-likeness (QED) is 0.373. The van der Waals surface area contributed by atoms with Crippen LogP contribution in [0.2, 0.25) is 0 Å². The van der Waals surface area contributed by atoms with E-state index in [-0.39, 0.29) is 5.84 Å². The highest BCUT2D eigenvalue weighted by atomic mass is 16.4. The van der Waals surface area contributed by atoms with Crippen LogP contribution in [0.5, 0.6) is 0 Å². The lowest BCUT2D eigenvalue weighted by Gasteiger charge is -2.31. The monoisotopic (exact) mass is 263 g/mol. The molecular weight excluding hydrogens is 242 g/mol. The molecule has 2 heterocycles. The molecule has 2 rings (SSSR count). The molecule has 0 aliphatic carbocycles. The van der Waals surface area contributed by atoms with Crippen molar-refractivity contribution in [3.8, 4) is 0 Å². The van der Waals surface area contributed by atoms with Crippen molar-refractivity contribution in [2.24, 2.45) is 16.8 Å². The minimum Gasteiger partial charge on any atom is -0.409 e. The first kappa shape index (κ1) is 13.6. The second kappa shape index (κ2) is 6.36. The molecule has 0 atom stereocenters. The summed E-state index contributed by atoms with van der Waals surface area (Å²) in [7, 11) is 0. The van der Waals surface area contributed by atoms with Gasteiger partial charge in [0.2, 0.25) is 5.95 Å². The zero-order chi connectivity index (χ0) is 13.7. The van der Waals surface area contributed by atoms with E-state index in [4.69, 9.17) is 10.9 Å². The van der Waals surface area contributed by atoms with E-state index in [1.54, 1.807) is 12.3 Å². The molecule has 0 spiro atoms. The summed E-state index contributed by atoms with van der Waals surface area (Å²) < 4.78 is 0. The van der Waals surface area contributed by atoms with Crippen LogP contribution in [0.25, 0.3) is 0 Å². The SMILES string of the molecule is CCCC1CCN(c2nccc(/C(N)=N/O)n2)CC1. The summed E-state index contributed by atoms with van der Waals surface area (Å²) in [6, 6.07) is 1.64. The molecule has 1 aliphatic heterocycles. The highest BCUT2D eigenvalue weighted by Crippen LogP contribution is 2.23. The van der Waals surface area contributed by atoms with Gasteiger partial charge in [-0.2, -0.15) is 0 Å². The normalized spacial score (nSPS) is 17.7. The third-order valence-electron chi connectivity index (χ3n) is 3.61. The molecule has 104 valence electrons. The number of oxime groups is 1. The zero-order valence-electron chi connectivity index (χ0n) is 11.3. The Bertz CT molecular complexity index is 440. The van der Waals surface area contributed by atoms with Crippen LogP contribution in [0, 0.1) is 5.92 Å². The van der Waals surface area contributed by atoms with Crippen molar-refractivity contribution < 1.29 is 5.21 Å². The molecule has 1 aromatic rings. The summed E-state index contributed by atoms with van der Waals surface area (Å²) in [5, 5.41) is 11.6. The van der Waals surface area contributed by atoms with Crippen LogP contribution in [-0.2, 0) is 0 Å². The Kier molecular flexibility index (Phi) is 4.54. The van der Waals surface area contributed by atoms with E-state index in [0.717, 1.165) is 19.0 Å². The average molecular weight is 263 g/mol. The van der Waals surface area contributed by atoms with Gasteiger partial charge >= 0.3 is 0 Å². The van der Waals surface area contributed by atoms with E-state index in [2.05, 4.69) is 26.9 Å². The summed E-state index contributed by atoms with van der Waals surface area (Å²) in [6.45, 7) is 4.19. The third kappa shape index (κ3) is 3.33. The lowest BCUT2D eigenvalue weighted by atomic mass is 9.93. The molecular formula is C13H21N5O. The molecule has 0 unspecified atom stereocenters. The predicted molar refractivity (Wildman–Crippen MR) is 74.4 cm³/mol. The number of hydrogen-bond acceptors (Lipinski definition) is 5. The summed E-state index contributed by atoms with van der Waals surface area (Å²) in [5.74, 6) is 1.51. The van der Waals surface area contributed by atoms with Gasteiger partial charge in [-0.05, 0) is 24.8 Å². The summed E-state index contributed by atoms with van der Waals surface area (Å²) >= 11 is 0. The maximum atomic E-state index is 8.67. The fraction of sp³-hybridized carbons (Fsp3) is 0.615. The van der Waals surface area contributed by atoms with Crippen molar-refractivity contribution in [2.75, 3.05) is 18.0 Å². The number of rotatable bonds is 4. The van der Waals surface area contributed by atoms with Crippen LogP contribution in [-0.4, -0.2) is 34.1 Å². The Balaban J connectivity index is 2.03. The van der Waals surface area contributed by atoms with Gasteiger partial charge in [0.05, 0.1) is 0 Å². The lowest BCUT2D eigenvalue weighted by molar-refractivity contribution is 0.318. The van der Waals surface area contributed by atoms with Gasteiger partial charge in [-0.25, -0.2) is 9.97 Å². The summed E-state index contributed by atoms with van der Waals surface area (Å²) in [6.07, 6.45) is 6.57. The van der Waals surface area contributed by atoms with E-state index in [0.29, 0.717) is 11.6 Å². The molecule has 0 radical (unpaired) electrons. The van der Waals surface area contributed by atoms with Crippen LogP contribution in [0.1, 0.15) is 38.3 Å². The lowest BCUT2D eigenvalue weighted by Crippen LogP contribution is -2.35. The van der Waals surface area contributed by atoms with E-state index in [9.17, 15) is 0 Å². The molecule has 1 fully saturated rings. The fourth-order valence-corrected chi connectivity index (χ4v) is 2.52. The number of anilines is 1. The van der Waals surface area contributed by atoms with Crippen molar-refractivity contribution in [1.82, 2.24) is 9.97 Å². The van der Waals surface area contributed by atoms with E-state index < -0.39 is 0 Å². The molecule has 1 aromatic heterocycles. The van der Waals surface area contributed by atoms with Gasteiger partial charge in [0, 0.05) is 19.3 Å². The standard InChI is InChI=1S/C13H21N5O/c1-2-3-10-5-8-18(9-6-10)13-15-7-4-11(16-13)12(14)17-19/h4,7,10,19H,2-3,5-6,8-9H2,1H3,(H2,14,17). The molecule has 0 amide bonds. The first-order chi connectivity index (χ1) is 9.24. The van der Waals surface area contributed by atoms with Crippen molar-refractivity contribution in [2.45, 2.75) is 32.6 Å². The van der Waals surface area contributed by atoms with E-state index in [1.807, 2.05) is 0 Å². The number of hydrogen-bond donors (Lipinski definition) is 2. The number of amidine groups is 1. The highest BCUT2D eigenvalue weighted by molar-refractivity contribution is 5.95. The van der Waals surface area contributed by atoms with Gasteiger partial charge in [-0.3, -0.25) is 0 Å². The van der Waals surface area contributed by atoms with Gasteiger partial charge < -0.3 is 15.8 Å². The Morgan fingerprint density at radius 2 is 2.26 bits per heavy atom. The molecule has 0 saturated carbocycles. The molecule has 6 heteroatoms. The van der Waals surface area contributed by atoms with Crippen LogP contribution in [0.4, 0.5) is 5.95 Å². The maximum Gasteiger partial charge on any atom is 0.225 e. The zero-order valence-corrected chi connectivity index (χ0v) is 11.3. The molecule has 3 N–H and O–H groups in total. The van der Waals surface area contributed by atoms with E-state index >= 15 is 0 Å². The topological polar surface area (TPSA) is 87.6 Å². The van der Waals surface area contributed by atoms with Gasteiger partial charge in [-0.1, -0.05) is 24.9 Å². The van der Waals surface area contributed by atoms with Crippen molar-refractivity contribution in [3.05, 3.63) is 18.0 Å². The van der Waals surface area contributed by atoms with Crippen molar-refractivity contribution >= 4 is 11.8 Å². The Hall–Kier alpha value is -1.85. The molecule has 0 aromatic carbocycles. The van der Waals surface area contributed by atoms with Gasteiger partial charge in [0.1, 0.15) is 5.69 Å². The van der Waals surface area contributed by atoms with Crippen LogP contribution in [0.3, 0.4) is 0 Å². The first-order valence-corrected chi connectivity index (χ1v) is 6.80. The second-order valence-electron chi connectivity index (χ2n) is 4.95. The minimum absolute atomic E-state index is 0.0181. The van der Waals surface area contributed by atoms with E-state index in [1.165, 1.54) is 25.7 Å². The van der Waals surface area contributed by atoms with Gasteiger partial charge in [0.15, 0.2) is 5.84 Å². The summed E-state index contributed by atoms with van der Waals surface area (Å²) in [4.78, 5) is 10.8. The number of nitrogens with zero attached hydrogens (tertiary/aromatic N) is 4. The van der Waals surface area contributed by atoms with Crippen LogP contribution in [0.15, 0.2) is 17.4 Å². The fourth-order valence-electron chi connectivity index (χ4n) is 2.52. The Morgan fingerprint density at radius 3 is 2.89 bits per heavy atom. The van der Waals surface area contributed by atoms with Crippen molar-refractivity contribution in [1.29, 1.82) is 0 Å². The van der Waals surface area contributed by atoms with Gasteiger partial charge in [-0.15, -0.1) is 0 Å². The summed E-state index contributed by atoms with van der Waals surface area (Å²) in [5.41, 5.74) is 6.01. The first-order valence-electron chi connectivity index (χ1n) is 6.80. The molecule has 6 nitrogen and oxygen atoms in total. The molecule has 0 bridgehead atoms. The molecule has 1 aliphatic rings. The highest BCUT2D eigenvalue weighted by Gasteiger charge is 2.20.